The molecule has 6 heteroatoms. The van der Waals surface area contributed by atoms with Crippen LogP contribution in [0.25, 0.3) is 0 Å². The third kappa shape index (κ3) is 3.35. The fraction of sp³-hybridized carbons (Fsp3) is 0.538. The first-order valence-corrected chi connectivity index (χ1v) is 6.15. The quantitative estimate of drug-likeness (QED) is 0.765. The number of aromatic carboxylic acids is 1. The SMILES string of the molecule is CCOCCN(C)C(=O)c1c(C)[nH]c(C(=O)O)c1C. The van der Waals surface area contributed by atoms with Crippen molar-refractivity contribution in [2.75, 3.05) is 26.8 Å². The highest BCUT2D eigenvalue weighted by Gasteiger charge is 2.23. The zero-order valence-corrected chi connectivity index (χ0v) is 11.7. The summed E-state index contributed by atoms with van der Waals surface area (Å²) in [5.41, 5.74) is 1.54. The van der Waals surface area contributed by atoms with Crippen molar-refractivity contribution in [2.45, 2.75) is 20.8 Å². The Morgan fingerprint density at radius 1 is 1.37 bits per heavy atom. The smallest absolute Gasteiger partial charge is 0.352 e. The summed E-state index contributed by atoms with van der Waals surface area (Å²) in [5.74, 6) is -1.25. The van der Waals surface area contributed by atoms with Gasteiger partial charge in [0, 0.05) is 25.9 Å². The van der Waals surface area contributed by atoms with Crippen molar-refractivity contribution in [2.24, 2.45) is 0 Å². The third-order valence-corrected chi connectivity index (χ3v) is 2.99. The Balaban J connectivity index is 2.90. The Morgan fingerprint density at radius 3 is 2.47 bits per heavy atom. The zero-order valence-electron chi connectivity index (χ0n) is 11.7. The minimum absolute atomic E-state index is 0.0686. The number of carbonyl (C=O) groups is 2. The average molecular weight is 268 g/mol. The molecule has 1 aromatic rings. The lowest BCUT2D eigenvalue weighted by molar-refractivity contribution is 0.0690. The minimum Gasteiger partial charge on any atom is -0.477 e. The van der Waals surface area contributed by atoms with E-state index in [9.17, 15) is 9.59 Å². The second-order valence-corrected chi connectivity index (χ2v) is 4.35. The Labute approximate surface area is 112 Å². The van der Waals surface area contributed by atoms with Crippen LogP contribution in [0.2, 0.25) is 0 Å². The number of carboxylic acids is 1. The Hall–Kier alpha value is -1.82. The molecule has 1 amide bonds. The Kier molecular flexibility index (Phi) is 5.11. The first-order valence-electron chi connectivity index (χ1n) is 6.15. The molecule has 1 aromatic heterocycles. The summed E-state index contributed by atoms with van der Waals surface area (Å²) in [7, 11) is 1.67. The molecule has 0 spiro atoms. The second-order valence-electron chi connectivity index (χ2n) is 4.35. The van der Waals surface area contributed by atoms with E-state index in [2.05, 4.69) is 4.98 Å². The molecule has 0 aliphatic rings. The first kappa shape index (κ1) is 15.2. The fourth-order valence-electron chi connectivity index (χ4n) is 1.92. The molecular weight excluding hydrogens is 248 g/mol. The molecule has 0 saturated carbocycles. The van der Waals surface area contributed by atoms with E-state index in [0.717, 1.165) is 0 Å². The number of aromatic amines is 1. The van der Waals surface area contributed by atoms with Crippen LogP contribution in [0.5, 0.6) is 0 Å². The van der Waals surface area contributed by atoms with Crippen molar-refractivity contribution in [3.8, 4) is 0 Å². The molecule has 1 rings (SSSR count). The van der Waals surface area contributed by atoms with Gasteiger partial charge >= 0.3 is 5.97 Å². The van der Waals surface area contributed by atoms with Gasteiger partial charge in [0.1, 0.15) is 5.69 Å². The van der Waals surface area contributed by atoms with E-state index in [4.69, 9.17) is 9.84 Å². The number of amides is 1. The van der Waals surface area contributed by atoms with Gasteiger partial charge in [-0.2, -0.15) is 0 Å². The van der Waals surface area contributed by atoms with Gasteiger partial charge in [-0.15, -0.1) is 0 Å². The molecule has 0 saturated heterocycles. The second kappa shape index (κ2) is 6.38. The molecule has 0 bridgehead atoms. The molecule has 0 aromatic carbocycles. The highest BCUT2D eigenvalue weighted by molar-refractivity contribution is 6.00. The molecule has 0 radical (unpaired) electrons. The van der Waals surface area contributed by atoms with Crippen LogP contribution in [0.4, 0.5) is 0 Å². The van der Waals surface area contributed by atoms with Crippen LogP contribution in [-0.4, -0.2) is 53.7 Å². The lowest BCUT2D eigenvalue weighted by atomic mass is 10.1. The van der Waals surface area contributed by atoms with Crippen LogP contribution in [-0.2, 0) is 4.74 Å². The number of ether oxygens (including phenoxy) is 1. The number of nitrogens with zero attached hydrogens (tertiary/aromatic N) is 1. The van der Waals surface area contributed by atoms with E-state index in [-0.39, 0.29) is 11.6 Å². The van der Waals surface area contributed by atoms with Gasteiger partial charge in [-0.25, -0.2) is 4.79 Å². The maximum atomic E-state index is 12.3. The Bertz CT molecular complexity index is 479. The topological polar surface area (TPSA) is 82.6 Å². The third-order valence-electron chi connectivity index (χ3n) is 2.99. The molecule has 2 N–H and O–H groups in total. The van der Waals surface area contributed by atoms with Gasteiger partial charge in [0.15, 0.2) is 0 Å². The molecule has 0 fully saturated rings. The van der Waals surface area contributed by atoms with Gasteiger partial charge < -0.3 is 19.7 Å². The normalized spacial score (nSPS) is 10.5. The zero-order chi connectivity index (χ0) is 14.6. The number of hydrogen-bond acceptors (Lipinski definition) is 3. The summed E-state index contributed by atoms with van der Waals surface area (Å²) in [4.78, 5) is 27.6. The standard InChI is InChI=1S/C13H20N2O4/c1-5-19-7-6-15(4)12(16)10-8(2)11(13(17)18)14-9(10)3/h14H,5-7H2,1-4H3,(H,17,18). The predicted molar refractivity (Wildman–Crippen MR) is 70.7 cm³/mol. The first-order chi connectivity index (χ1) is 8.90. The summed E-state index contributed by atoms with van der Waals surface area (Å²) >= 11 is 0. The highest BCUT2D eigenvalue weighted by atomic mass is 16.5. The number of likely N-dealkylation sites (N-methyl/N-ethyl adjacent to an activating group) is 1. The van der Waals surface area contributed by atoms with Crippen molar-refractivity contribution in [1.82, 2.24) is 9.88 Å². The largest absolute Gasteiger partial charge is 0.477 e. The molecule has 0 unspecified atom stereocenters. The van der Waals surface area contributed by atoms with Crippen molar-refractivity contribution >= 4 is 11.9 Å². The van der Waals surface area contributed by atoms with Crippen LogP contribution >= 0.6 is 0 Å². The van der Waals surface area contributed by atoms with Gasteiger partial charge in [-0.1, -0.05) is 0 Å². The van der Waals surface area contributed by atoms with Crippen molar-refractivity contribution < 1.29 is 19.4 Å². The molecular formula is C13H20N2O4. The van der Waals surface area contributed by atoms with E-state index in [0.29, 0.717) is 36.6 Å². The summed E-state index contributed by atoms with van der Waals surface area (Å²) in [6, 6.07) is 0. The molecule has 106 valence electrons. The minimum atomic E-state index is -1.06. The van der Waals surface area contributed by atoms with Crippen LogP contribution in [0, 0.1) is 13.8 Å². The predicted octanol–water partition coefficient (Wildman–Crippen LogP) is 1.44. The molecule has 1 heterocycles. The highest BCUT2D eigenvalue weighted by Crippen LogP contribution is 2.19. The van der Waals surface area contributed by atoms with Crippen molar-refractivity contribution in [3.05, 3.63) is 22.5 Å². The van der Waals surface area contributed by atoms with E-state index in [1.165, 1.54) is 4.90 Å². The number of nitrogens with one attached hydrogen (secondary N) is 1. The maximum Gasteiger partial charge on any atom is 0.352 e. The molecule has 0 aliphatic carbocycles. The number of hydrogen-bond donors (Lipinski definition) is 2. The lowest BCUT2D eigenvalue weighted by Crippen LogP contribution is -2.30. The summed E-state index contributed by atoms with van der Waals surface area (Å²) < 4.78 is 5.20. The van der Waals surface area contributed by atoms with Crippen molar-refractivity contribution in [1.29, 1.82) is 0 Å². The van der Waals surface area contributed by atoms with Crippen LogP contribution in [0.3, 0.4) is 0 Å². The average Bonchev–Trinajstić information content (AvgIpc) is 2.64. The number of carbonyl (C=O) groups excluding carboxylic acids is 1. The summed E-state index contributed by atoms with van der Waals surface area (Å²) in [5, 5.41) is 9.02. The van der Waals surface area contributed by atoms with Crippen LogP contribution in [0.1, 0.15) is 39.0 Å². The molecule has 6 nitrogen and oxygen atoms in total. The summed E-state index contributed by atoms with van der Waals surface area (Å²) in [6.07, 6.45) is 0. The van der Waals surface area contributed by atoms with Gasteiger partial charge in [0.25, 0.3) is 5.91 Å². The van der Waals surface area contributed by atoms with E-state index in [1.807, 2.05) is 6.92 Å². The lowest BCUT2D eigenvalue weighted by Gasteiger charge is -2.17. The van der Waals surface area contributed by atoms with E-state index < -0.39 is 5.97 Å². The van der Waals surface area contributed by atoms with Crippen LogP contribution < -0.4 is 0 Å². The number of rotatable bonds is 6. The van der Waals surface area contributed by atoms with Gasteiger partial charge in [0.2, 0.25) is 0 Å². The fourth-order valence-corrected chi connectivity index (χ4v) is 1.92. The van der Waals surface area contributed by atoms with Gasteiger partial charge in [0.05, 0.1) is 12.2 Å². The van der Waals surface area contributed by atoms with Gasteiger partial charge in [-0.3, -0.25) is 4.79 Å². The Morgan fingerprint density at radius 2 is 2.00 bits per heavy atom. The van der Waals surface area contributed by atoms with Crippen molar-refractivity contribution in [3.63, 3.8) is 0 Å². The summed E-state index contributed by atoms with van der Waals surface area (Å²) in [6.45, 7) is 6.76. The molecule has 0 aliphatic heterocycles. The maximum absolute atomic E-state index is 12.3. The molecule has 0 atom stereocenters. The number of carboxylic acid groups (broad SMARTS) is 1. The van der Waals surface area contributed by atoms with Gasteiger partial charge in [-0.05, 0) is 26.3 Å². The number of aromatic nitrogens is 1. The monoisotopic (exact) mass is 268 g/mol. The number of H-pyrrole nitrogens is 1. The van der Waals surface area contributed by atoms with E-state index >= 15 is 0 Å². The van der Waals surface area contributed by atoms with Crippen LogP contribution in [0.15, 0.2) is 0 Å². The number of aryl methyl sites for hydroxylation is 1. The van der Waals surface area contributed by atoms with E-state index in [1.54, 1.807) is 20.9 Å². The molecule has 19 heavy (non-hydrogen) atoms.